The van der Waals surface area contributed by atoms with Crippen LogP contribution < -0.4 is 5.73 Å². The molecule has 1 aromatic heterocycles. The highest BCUT2D eigenvalue weighted by Gasteiger charge is 2.16. The molecule has 0 amide bonds. The second kappa shape index (κ2) is 4.79. The van der Waals surface area contributed by atoms with Crippen LogP contribution in [0, 0.1) is 22.7 Å². The predicted molar refractivity (Wildman–Crippen MR) is 67.0 cm³/mol. The van der Waals surface area contributed by atoms with Gasteiger partial charge >= 0.3 is 0 Å². The van der Waals surface area contributed by atoms with E-state index < -0.39 is 0 Å². The Kier molecular flexibility index (Phi) is 3.18. The van der Waals surface area contributed by atoms with Crippen molar-refractivity contribution in [3.05, 3.63) is 40.5 Å². The first-order chi connectivity index (χ1) is 8.67. The Hall–Kier alpha value is -2.50. The van der Waals surface area contributed by atoms with E-state index in [1.54, 1.807) is 24.3 Å². The molecule has 0 bridgehead atoms. The van der Waals surface area contributed by atoms with Gasteiger partial charge in [0.1, 0.15) is 17.5 Å². The summed E-state index contributed by atoms with van der Waals surface area (Å²) in [6.07, 6.45) is 0.0423. The van der Waals surface area contributed by atoms with Crippen LogP contribution in [0.25, 0.3) is 5.69 Å². The topological polar surface area (TPSA) is 91.4 Å². The first-order valence-corrected chi connectivity index (χ1v) is 5.45. The number of anilines is 1. The number of nitrogens with two attached hydrogens (primary N) is 1. The summed E-state index contributed by atoms with van der Waals surface area (Å²) in [4.78, 5) is 0. The Morgan fingerprint density at radius 3 is 2.78 bits per heavy atom. The first kappa shape index (κ1) is 12.0. The van der Waals surface area contributed by atoms with Gasteiger partial charge in [0.15, 0.2) is 0 Å². The zero-order valence-electron chi connectivity index (χ0n) is 9.26. The maximum Gasteiger partial charge on any atom is 0.145 e. The van der Waals surface area contributed by atoms with Gasteiger partial charge in [-0.15, -0.1) is 0 Å². The van der Waals surface area contributed by atoms with Gasteiger partial charge in [-0.1, -0.05) is 17.7 Å². The zero-order valence-corrected chi connectivity index (χ0v) is 10.0. The predicted octanol–water partition coefficient (Wildman–Crippen LogP) is 2.05. The molecule has 2 aromatic rings. The van der Waals surface area contributed by atoms with Crippen molar-refractivity contribution in [2.45, 2.75) is 6.42 Å². The van der Waals surface area contributed by atoms with Gasteiger partial charge in [0.25, 0.3) is 0 Å². The number of aromatic nitrogens is 2. The Morgan fingerprint density at radius 2 is 2.17 bits per heavy atom. The fourth-order valence-electron chi connectivity index (χ4n) is 1.60. The van der Waals surface area contributed by atoms with E-state index in [-0.39, 0.29) is 17.8 Å². The first-order valence-electron chi connectivity index (χ1n) is 5.07. The molecule has 5 nitrogen and oxygen atoms in total. The van der Waals surface area contributed by atoms with Crippen LogP contribution in [0.15, 0.2) is 24.3 Å². The molecular weight excluding hydrogens is 250 g/mol. The summed E-state index contributed by atoms with van der Waals surface area (Å²) in [6, 6.07) is 10.9. The number of halogens is 1. The van der Waals surface area contributed by atoms with Crippen LogP contribution >= 0.6 is 11.6 Å². The van der Waals surface area contributed by atoms with Crippen molar-refractivity contribution in [3.8, 4) is 17.8 Å². The third kappa shape index (κ3) is 2.00. The standard InChI is InChI=1S/C12H8ClN5/c13-8-2-1-3-9(6-8)18-12(16)10(7-15)11(17-18)4-5-14/h1-3,6H,4,16H2. The number of nitrogen functional groups attached to an aromatic ring is 1. The summed E-state index contributed by atoms with van der Waals surface area (Å²) in [6.45, 7) is 0. The Morgan fingerprint density at radius 1 is 1.39 bits per heavy atom. The maximum atomic E-state index is 9.02. The summed E-state index contributed by atoms with van der Waals surface area (Å²) >= 11 is 5.89. The number of hydrogen-bond acceptors (Lipinski definition) is 4. The molecule has 18 heavy (non-hydrogen) atoms. The lowest BCUT2D eigenvalue weighted by Crippen LogP contribution is -2.02. The van der Waals surface area contributed by atoms with E-state index >= 15 is 0 Å². The number of hydrogen-bond donors (Lipinski definition) is 1. The Labute approximate surface area is 109 Å². The molecule has 0 saturated carbocycles. The highest BCUT2D eigenvalue weighted by Crippen LogP contribution is 2.22. The molecule has 2 N–H and O–H groups in total. The highest BCUT2D eigenvalue weighted by atomic mass is 35.5. The lowest BCUT2D eigenvalue weighted by molar-refractivity contribution is 0.861. The number of nitriles is 2. The Balaban J connectivity index is 2.60. The average Bonchev–Trinajstić information content (AvgIpc) is 2.66. The molecule has 0 fully saturated rings. The summed E-state index contributed by atoms with van der Waals surface area (Å²) in [5.41, 5.74) is 7.11. The lowest BCUT2D eigenvalue weighted by atomic mass is 10.2. The van der Waals surface area contributed by atoms with Crippen molar-refractivity contribution in [3.63, 3.8) is 0 Å². The quantitative estimate of drug-likeness (QED) is 0.891. The molecule has 6 heteroatoms. The van der Waals surface area contributed by atoms with E-state index in [1.165, 1.54) is 4.68 Å². The molecule has 0 aliphatic heterocycles. The fraction of sp³-hybridized carbons (Fsp3) is 0.0833. The van der Waals surface area contributed by atoms with Gasteiger partial charge in [-0.05, 0) is 18.2 Å². The third-order valence-electron chi connectivity index (χ3n) is 2.40. The van der Waals surface area contributed by atoms with Crippen LogP contribution in [0.1, 0.15) is 11.3 Å². The molecule has 1 aromatic carbocycles. The van der Waals surface area contributed by atoms with Crippen molar-refractivity contribution in [1.82, 2.24) is 9.78 Å². The minimum Gasteiger partial charge on any atom is -0.382 e. The van der Waals surface area contributed by atoms with Crippen LogP contribution in [-0.2, 0) is 6.42 Å². The van der Waals surface area contributed by atoms with E-state index in [9.17, 15) is 0 Å². The molecule has 0 spiro atoms. The largest absolute Gasteiger partial charge is 0.382 e. The molecular formula is C12H8ClN5. The van der Waals surface area contributed by atoms with Crippen LogP contribution in [0.5, 0.6) is 0 Å². The van der Waals surface area contributed by atoms with Gasteiger partial charge < -0.3 is 5.73 Å². The summed E-state index contributed by atoms with van der Waals surface area (Å²) in [5.74, 6) is 0.213. The van der Waals surface area contributed by atoms with Crippen molar-refractivity contribution in [1.29, 1.82) is 10.5 Å². The van der Waals surface area contributed by atoms with Gasteiger partial charge in [0.2, 0.25) is 0 Å². The van der Waals surface area contributed by atoms with Gasteiger partial charge in [-0.25, -0.2) is 4.68 Å². The summed E-state index contributed by atoms with van der Waals surface area (Å²) in [7, 11) is 0. The average molecular weight is 258 g/mol. The highest BCUT2D eigenvalue weighted by molar-refractivity contribution is 6.30. The van der Waals surface area contributed by atoms with E-state index in [1.807, 2.05) is 12.1 Å². The minimum absolute atomic E-state index is 0.0423. The molecule has 0 aliphatic carbocycles. The van der Waals surface area contributed by atoms with Crippen LogP contribution in [0.4, 0.5) is 5.82 Å². The number of rotatable bonds is 2. The molecule has 88 valence electrons. The van der Waals surface area contributed by atoms with Gasteiger partial charge in [0.05, 0.1) is 23.9 Å². The Bertz CT molecular complexity index is 675. The molecule has 0 saturated heterocycles. The van der Waals surface area contributed by atoms with Crippen LogP contribution in [0.3, 0.4) is 0 Å². The summed E-state index contributed by atoms with van der Waals surface area (Å²) < 4.78 is 1.41. The molecule has 0 unspecified atom stereocenters. The zero-order chi connectivity index (χ0) is 13.1. The smallest absolute Gasteiger partial charge is 0.145 e. The molecule has 1 heterocycles. The molecule has 0 atom stereocenters. The summed E-state index contributed by atoms with van der Waals surface area (Å²) in [5, 5.41) is 22.4. The second-order valence-electron chi connectivity index (χ2n) is 3.55. The van der Waals surface area contributed by atoms with Crippen molar-refractivity contribution in [2.75, 3.05) is 5.73 Å². The van der Waals surface area contributed by atoms with Gasteiger partial charge in [0, 0.05) is 5.02 Å². The van der Waals surface area contributed by atoms with Gasteiger partial charge in [-0.3, -0.25) is 0 Å². The van der Waals surface area contributed by atoms with Crippen molar-refractivity contribution >= 4 is 17.4 Å². The third-order valence-corrected chi connectivity index (χ3v) is 2.64. The van der Waals surface area contributed by atoms with E-state index in [2.05, 4.69) is 5.10 Å². The molecule has 0 radical (unpaired) electrons. The molecule has 2 rings (SSSR count). The second-order valence-corrected chi connectivity index (χ2v) is 3.98. The van der Waals surface area contributed by atoms with Gasteiger partial charge in [-0.2, -0.15) is 15.6 Å². The molecule has 0 aliphatic rings. The normalized spacial score (nSPS) is 9.72. The minimum atomic E-state index is 0.0423. The SMILES string of the molecule is N#CCc1nn(-c2cccc(Cl)c2)c(N)c1C#N. The lowest BCUT2D eigenvalue weighted by Gasteiger charge is -2.03. The van der Waals surface area contributed by atoms with Crippen molar-refractivity contribution in [2.24, 2.45) is 0 Å². The monoisotopic (exact) mass is 257 g/mol. The number of benzene rings is 1. The number of nitrogens with zero attached hydrogens (tertiary/aromatic N) is 4. The van der Waals surface area contributed by atoms with Crippen LogP contribution in [0.2, 0.25) is 5.02 Å². The van der Waals surface area contributed by atoms with E-state index in [0.29, 0.717) is 16.4 Å². The maximum absolute atomic E-state index is 9.02. The van der Waals surface area contributed by atoms with E-state index in [0.717, 1.165) is 0 Å². The fourth-order valence-corrected chi connectivity index (χ4v) is 1.79. The van der Waals surface area contributed by atoms with Crippen LogP contribution in [-0.4, -0.2) is 9.78 Å². The van der Waals surface area contributed by atoms with Crippen molar-refractivity contribution < 1.29 is 0 Å². The van der Waals surface area contributed by atoms with E-state index in [4.69, 9.17) is 27.9 Å².